The molecule has 0 saturated heterocycles. The number of hydrogen-bond donors (Lipinski definition) is 0. The molecule has 27 heavy (non-hydrogen) atoms. The zero-order chi connectivity index (χ0) is 18.6. The van der Waals surface area contributed by atoms with Crippen LogP contribution in [0.15, 0.2) is 83.7 Å². The summed E-state index contributed by atoms with van der Waals surface area (Å²) < 4.78 is 1.70. The number of halogens is 1. The fourth-order valence-corrected chi connectivity index (χ4v) is 3.20. The molecular formula is C23H17ClN2O. The van der Waals surface area contributed by atoms with Crippen LogP contribution in [-0.2, 0) is 6.54 Å². The molecule has 0 N–H and O–H groups in total. The summed E-state index contributed by atoms with van der Waals surface area (Å²) in [6.45, 7) is 0.458. The van der Waals surface area contributed by atoms with Crippen molar-refractivity contribution in [2.24, 2.45) is 0 Å². The third-order valence-corrected chi connectivity index (χ3v) is 4.74. The highest BCUT2D eigenvalue weighted by molar-refractivity contribution is 6.32. The molecule has 3 nitrogen and oxygen atoms in total. The number of hydrogen-bond acceptors (Lipinski definition) is 2. The van der Waals surface area contributed by atoms with Crippen LogP contribution < -0.4 is 5.56 Å². The zero-order valence-electron chi connectivity index (χ0n) is 14.5. The molecule has 0 bridgehead atoms. The maximum Gasteiger partial charge on any atom is 0.261 e. The summed E-state index contributed by atoms with van der Waals surface area (Å²) in [6.07, 6.45) is 3.73. The van der Waals surface area contributed by atoms with Gasteiger partial charge >= 0.3 is 0 Å². The van der Waals surface area contributed by atoms with Gasteiger partial charge in [0.15, 0.2) is 0 Å². The van der Waals surface area contributed by atoms with E-state index in [0.717, 1.165) is 11.1 Å². The summed E-state index contributed by atoms with van der Waals surface area (Å²) in [5.41, 5.74) is 2.56. The van der Waals surface area contributed by atoms with Gasteiger partial charge in [0, 0.05) is 5.02 Å². The first-order valence-electron chi connectivity index (χ1n) is 8.68. The molecule has 0 aliphatic rings. The molecule has 1 heterocycles. The van der Waals surface area contributed by atoms with Crippen molar-refractivity contribution in [2.75, 3.05) is 0 Å². The van der Waals surface area contributed by atoms with Crippen molar-refractivity contribution in [3.63, 3.8) is 0 Å². The van der Waals surface area contributed by atoms with E-state index in [4.69, 9.17) is 16.6 Å². The topological polar surface area (TPSA) is 34.9 Å². The number of fused-ring (bicyclic) bond motifs is 1. The van der Waals surface area contributed by atoms with Crippen molar-refractivity contribution in [2.45, 2.75) is 6.54 Å². The summed E-state index contributed by atoms with van der Waals surface area (Å²) in [6, 6.07) is 24.9. The highest BCUT2D eigenvalue weighted by Gasteiger charge is 2.09. The van der Waals surface area contributed by atoms with Gasteiger partial charge in [0.25, 0.3) is 5.56 Å². The minimum Gasteiger partial charge on any atom is -0.288 e. The van der Waals surface area contributed by atoms with Gasteiger partial charge < -0.3 is 0 Å². The fraction of sp³-hybridized carbons (Fsp3) is 0.0435. The Kier molecular flexibility index (Phi) is 4.86. The Bertz CT molecular complexity index is 1180. The van der Waals surface area contributed by atoms with E-state index in [1.165, 1.54) is 0 Å². The van der Waals surface area contributed by atoms with Crippen LogP contribution in [0.5, 0.6) is 0 Å². The molecule has 0 aliphatic heterocycles. The van der Waals surface area contributed by atoms with Crippen LogP contribution in [0.3, 0.4) is 0 Å². The summed E-state index contributed by atoms with van der Waals surface area (Å²) in [7, 11) is 0. The van der Waals surface area contributed by atoms with E-state index >= 15 is 0 Å². The summed E-state index contributed by atoms with van der Waals surface area (Å²) >= 11 is 6.25. The highest BCUT2D eigenvalue weighted by Crippen LogP contribution is 2.18. The van der Waals surface area contributed by atoms with Gasteiger partial charge in [0.2, 0.25) is 0 Å². The minimum atomic E-state index is -0.0525. The van der Waals surface area contributed by atoms with Crippen LogP contribution in [0, 0.1) is 0 Å². The molecule has 4 rings (SSSR count). The lowest BCUT2D eigenvalue weighted by Gasteiger charge is -2.11. The van der Waals surface area contributed by atoms with E-state index in [1.54, 1.807) is 4.57 Å². The van der Waals surface area contributed by atoms with Crippen molar-refractivity contribution < 1.29 is 0 Å². The van der Waals surface area contributed by atoms with Crippen molar-refractivity contribution >= 4 is 34.7 Å². The third-order valence-electron chi connectivity index (χ3n) is 4.39. The molecule has 0 radical (unpaired) electrons. The highest BCUT2D eigenvalue weighted by atomic mass is 35.5. The van der Waals surface area contributed by atoms with Crippen molar-refractivity contribution in [1.29, 1.82) is 0 Å². The van der Waals surface area contributed by atoms with E-state index in [-0.39, 0.29) is 5.56 Å². The van der Waals surface area contributed by atoms with E-state index in [9.17, 15) is 4.79 Å². The molecule has 0 saturated carbocycles. The lowest BCUT2D eigenvalue weighted by molar-refractivity contribution is 0.738. The van der Waals surface area contributed by atoms with Crippen LogP contribution in [0.2, 0.25) is 5.02 Å². The number of aromatic nitrogens is 2. The lowest BCUT2D eigenvalue weighted by atomic mass is 10.2. The molecular weight excluding hydrogens is 356 g/mol. The van der Waals surface area contributed by atoms with Gasteiger partial charge in [-0.05, 0) is 41.5 Å². The maximum atomic E-state index is 13.1. The Balaban J connectivity index is 1.86. The predicted molar refractivity (Wildman–Crippen MR) is 112 cm³/mol. The Morgan fingerprint density at radius 1 is 0.852 bits per heavy atom. The average Bonchev–Trinajstić information content (AvgIpc) is 2.71. The quantitative estimate of drug-likeness (QED) is 0.489. The normalized spacial score (nSPS) is 11.3. The van der Waals surface area contributed by atoms with E-state index in [1.807, 2.05) is 91.0 Å². The van der Waals surface area contributed by atoms with Gasteiger partial charge in [-0.15, -0.1) is 0 Å². The van der Waals surface area contributed by atoms with Crippen molar-refractivity contribution in [1.82, 2.24) is 9.55 Å². The van der Waals surface area contributed by atoms with Gasteiger partial charge in [0.05, 0.1) is 17.4 Å². The van der Waals surface area contributed by atoms with E-state index in [2.05, 4.69) is 0 Å². The van der Waals surface area contributed by atoms with E-state index < -0.39 is 0 Å². The summed E-state index contributed by atoms with van der Waals surface area (Å²) in [4.78, 5) is 17.8. The second-order valence-electron chi connectivity index (χ2n) is 6.22. The molecule has 1 aromatic heterocycles. The fourth-order valence-electron chi connectivity index (χ4n) is 3.01. The van der Waals surface area contributed by atoms with Crippen LogP contribution >= 0.6 is 11.6 Å². The summed E-state index contributed by atoms with van der Waals surface area (Å²) in [5.74, 6) is 0.600. The van der Waals surface area contributed by atoms with Gasteiger partial charge in [0.1, 0.15) is 5.82 Å². The molecule has 0 atom stereocenters. The van der Waals surface area contributed by atoms with E-state index in [0.29, 0.717) is 28.3 Å². The number of para-hydroxylation sites is 1. The average molecular weight is 373 g/mol. The molecule has 132 valence electrons. The first-order valence-corrected chi connectivity index (χ1v) is 9.06. The Labute approximate surface area is 162 Å². The van der Waals surface area contributed by atoms with Gasteiger partial charge in [-0.2, -0.15) is 0 Å². The van der Waals surface area contributed by atoms with Crippen LogP contribution in [-0.4, -0.2) is 9.55 Å². The third kappa shape index (κ3) is 3.69. The summed E-state index contributed by atoms with van der Waals surface area (Å²) in [5, 5.41) is 1.27. The van der Waals surface area contributed by atoms with Crippen molar-refractivity contribution in [3.05, 3.63) is 111 Å². The Hall–Kier alpha value is -3.17. The minimum absolute atomic E-state index is 0.0525. The number of nitrogens with zero attached hydrogens (tertiary/aromatic N) is 2. The van der Waals surface area contributed by atoms with Gasteiger partial charge in [-0.25, -0.2) is 4.98 Å². The molecule has 4 aromatic rings. The smallest absolute Gasteiger partial charge is 0.261 e. The molecule has 0 spiro atoms. The van der Waals surface area contributed by atoms with Crippen LogP contribution in [0.4, 0.5) is 0 Å². The predicted octanol–water partition coefficient (Wildman–Crippen LogP) is 5.27. The standard InChI is InChI=1S/C23H17ClN2O/c24-20-12-6-4-10-18(20)14-15-22-25-21-13-7-5-11-19(21)23(27)26(22)16-17-8-2-1-3-9-17/h1-15H,16H2. The molecule has 0 fully saturated rings. The van der Waals surface area contributed by atoms with Gasteiger partial charge in [-0.1, -0.05) is 72.3 Å². The lowest BCUT2D eigenvalue weighted by Crippen LogP contribution is -2.24. The Morgan fingerprint density at radius 2 is 1.56 bits per heavy atom. The van der Waals surface area contributed by atoms with Crippen LogP contribution in [0.25, 0.3) is 23.1 Å². The molecule has 0 aliphatic carbocycles. The largest absolute Gasteiger partial charge is 0.288 e. The maximum absolute atomic E-state index is 13.1. The zero-order valence-corrected chi connectivity index (χ0v) is 15.3. The number of rotatable bonds is 4. The second kappa shape index (κ2) is 7.60. The monoisotopic (exact) mass is 372 g/mol. The second-order valence-corrected chi connectivity index (χ2v) is 6.63. The molecule has 0 unspecified atom stereocenters. The molecule has 4 heteroatoms. The SMILES string of the molecule is O=c1c2ccccc2nc(C=Cc2ccccc2Cl)n1Cc1ccccc1. The van der Waals surface area contributed by atoms with Crippen LogP contribution in [0.1, 0.15) is 17.0 Å². The van der Waals surface area contributed by atoms with Crippen molar-refractivity contribution in [3.8, 4) is 0 Å². The Morgan fingerprint density at radius 3 is 2.37 bits per heavy atom. The first kappa shape index (κ1) is 17.3. The van der Waals surface area contributed by atoms with Gasteiger partial charge in [-0.3, -0.25) is 9.36 Å². The first-order chi connectivity index (χ1) is 13.2. The molecule has 3 aromatic carbocycles. The number of benzene rings is 3. The molecule has 0 amide bonds.